The molecule has 1 aliphatic rings. The number of hydrogen-bond acceptors (Lipinski definition) is 5. The van der Waals surface area contributed by atoms with Gasteiger partial charge in [0.15, 0.2) is 5.76 Å². The summed E-state index contributed by atoms with van der Waals surface area (Å²) in [4.78, 5) is 23.3. The Morgan fingerprint density at radius 2 is 2.24 bits per heavy atom. The number of nitrogens with zero attached hydrogens (tertiary/aromatic N) is 4. The van der Waals surface area contributed by atoms with Gasteiger partial charge in [-0.2, -0.15) is 0 Å². The summed E-state index contributed by atoms with van der Waals surface area (Å²) in [6.07, 6.45) is 5.33. The summed E-state index contributed by atoms with van der Waals surface area (Å²) in [6.45, 7) is 4.35. The van der Waals surface area contributed by atoms with Crippen molar-refractivity contribution in [3.63, 3.8) is 0 Å². The van der Waals surface area contributed by atoms with Crippen LogP contribution in [-0.4, -0.2) is 31.9 Å². The number of amides is 1. The topological polar surface area (TPSA) is 76.2 Å². The molecule has 1 aliphatic heterocycles. The van der Waals surface area contributed by atoms with Crippen molar-refractivity contribution in [2.24, 2.45) is 0 Å². The molecule has 128 valence electrons. The van der Waals surface area contributed by atoms with Gasteiger partial charge in [-0.3, -0.25) is 4.79 Å². The molecule has 4 rings (SSSR count). The van der Waals surface area contributed by atoms with Crippen LogP contribution in [0.3, 0.4) is 0 Å². The fourth-order valence-corrected chi connectivity index (χ4v) is 2.95. The first-order valence-corrected chi connectivity index (χ1v) is 8.24. The Bertz CT molecular complexity index is 884. The lowest BCUT2D eigenvalue weighted by molar-refractivity contribution is 0.0674. The predicted octanol–water partition coefficient (Wildman–Crippen LogP) is 2.45. The zero-order valence-corrected chi connectivity index (χ0v) is 14.0. The number of carbonyl (C=O) groups excluding carboxylic acids is 1. The van der Waals surface area contributed by atoms with Crippen LogP contribution < -0.4 is 5.32 Å². The van der Waals surface area contributed by atoms with Crippen LogP contribution in [-0.2, 0) is 19.6 Å². The van der Waals surface area contributed by atoms with Gasteiger partial charge in [-0.05, 0) is 25.1 Å². The largest absolute Gasteiger partial charge is 0.459 e. The third kappa shape index (κ3) is 3.13. The van der Waals surface area contributed by atoms with Gasteiger partial charge in [0, 0.05) is 31.0 Å². The van der Waals surface area contributed by atoms with E-state index in [1.807, 2.05) is 31.3 Å². The van der Waals surface area contributed by atoms with Crippen molar-refractivity contribution in [2.75, 3.05) is 11.9 Å². The molecule has 0 saturated carbocycles. The van der Waals surface area contributed by atoms with E-state index in [0.717, 1.165) is 29.4 Å². The highest BCUT2D eigenvalue weighted by molar-refractivity contribution is 5.92. The van der Waals surface area contributed by atoms with Crippen molar-refractivity contribution >= 4 is 11.7 Å². The number of aromatic nitrogens is 3. The smallest absolute Gasteiger partial charge is 0.290 e. The zero-order chi connectivity index (χ0) is 17.2. The van der Waals surface area contributed by atoms with Gasteiger partial charge in [0.25, 0.3) is 5.91 Å². The lowest BCUT2D eigenvalue weighted by atomic mass is 10.2. The standard InChI is InChI=1S/C18H19N5O2/c1-13-5-9-25-17(13)18(24)23-8-7-22-11-14(21-16(22)12-23)10-20-15-4-2-3-6-19-15/h2-6,9,11H,7-8,10,12H2,1H3,(H,19,20). The van der Waals surface area contributed by atoms with Crippen LogP contribution in [0.4, 0.5) is 5.82 Å². The van der Waals surface area contributed by atoms with E-state index in [-0.39, 0.29) is 5.91 Å². The number of nitrogens with one attached hydrogen (secondary N) is 1. The first-order chi connectivity index (χ1) is 12.2. The Morgan fingerprint density at radius 3 is 3.00 bits per heavy atom. The van der Waals surface area contributed by atoms with Crippen LogP contribution in [0.1, 0.15) is 27.6 Å². The molecule has 0 saturated heterocycles. The molecule has 0 aliphatic carbocycles. The molecular formula is C18H19N5O2. The Balaban J connectivity index is 1.44. The summed E-state index contributed by atoms with van der Waals surface area (Å²) in [6, 6.07) is 7.54. The summed E-state index contributed by atoms with van der Waals surface area (Å²) in [5.41, 5.74) is 1.79. The van der Waals surface area contributed by atoms with Gasteiger partial charge in [-0.25, -0.2) is 9.97 Å². The maximum absolute atomic E-state index is 12.6. The van der Waals surface area contributed by atoms with E-state index in [1.54, 1.807) is 23.4 Å². The number of anilines is 1. The van der Waals surface area contributed by atoms with Gasteiger partial charge >= 0.3 is 0 Å². The van der Waals surface area contributed by atoms with Crippen LogP contribution in [0.15, 0.2) is 47.3 Å². The SMILES string of the molecule is Cc1ccoc1C(=O)N1CCn2cc(CNc3ccccn3)nc2C1. The highest BCUT2D eigenvalue weighted by Gasteiger charge is 2.26. The molecule has 3 aromatic heterocycles. The highest BCUT2D eigenvalue weighted by atomic mass is 16.3. The first kappa shape index (κ1) is 15.4. The van der Waals surface area contributed by atoms with Gasteiger partial charge in [-0.15, -0.1) is 0 Å². The minimum atomic E-state index is -0.0788. The van der Waals surface area contributed by atoms with E-state index in [1.165, 1.54) is 0 Å². The first-order valence-electron chi connectivity index (χ1n) is 8.24. The van der Waals surface area contributed by atoms with E-state index in [2.05, 4.69) is 19.9 Å². The quantitative estimate of drug-likeness (QED) is 0.791. The monoisotopic (exact) mass is 337 g/mol. The fourth-order valence-electron chi connectivity index (χ4n) is 2.95. The average molecular weight is 337 g/mol. The van der Waals surface area contributed by atoms with Gasteiger partial charge in [0.1, 0.15) is 11.6 Å². The summed E-state index contributed by atoms with van der Waals surface area (Å²) < 4.78 is 7.43. The van der Waals surface area contributed by atoms with E-state index in [9.17, 15) is 4.79 Å². The summed E-state index contributed by atoms with van der Waals surface area (Å²) in [5.74, 6) is 2.04. The fraction of sp³-hybridized carbons (Fsp3) is 0.278. The molecule has 0 aromatic carbocycles. The minimum Gasteiger partial charge on any atom is -0.459 e. The van der Waals surface area contributed by atoms with E-state index in [0.29, 0.717) is 25.4 Å². The molecular weight excluding hydrogens is 318 g/mol. The van der Waals surface area contributed by atoms with Crippen LogP contribution in [0.25, 0.3) is 0 Å². The lowest BCUT2D eigenvalue weighted by Gasteiger charge is -2.27. The summed E-state index contributed by atoms with van der Waals surface area (Å²) in [7, 11) is 0. The second kappa shape index (κ2) is 6.43. The van der Waals surface area contributed by atoms with Crippen LogP contribution >= 0.6 is 0 Å². The van der Waals surface area contributed by atoms with E-state index >= 15 is 0 Å². The van der Waals surface area contributed by atoms with Gasteiger partial charge < -0.3 is 19.2 Å². The predicted molar refractivity (Wildman–Crippen MR) is 92.0 cm³/mol. The highest BCUT2D eigenvalue weighted by Crippen LogP contribution is 2.18. The minimum absolute atomic E-state index is 0.0788. The van der Waals surface area contributed by atoms with Crippen molar-refractivity contribution in [1.29, 1.82) is 0 Å². The molecule has 0 fully saturated rings. The number of pyridine rings is 1. The van der Waals surface area contributed by atoms with Crippen molar-refractivity contribution in [2.45, 2.75) is 26.6 Å². The third-order valence-electron chi connectivity index (χ3n) is 4.31. The van der Waals surface area contributed by atoms with Gasteiger partial charge in [-0.1, -0.05) is 6.07 Å². The molecule has 0 unspecified atom stereocenters. The van der Waals surface area contributed by atoms with Crippen LogP contribution in [0.5, 0.6) is 0 Å². The molecule has 0 radical (unpaired) electrons. The second-order valence-electron chi connectivity index (χ2n) is 6.07. The number of rotatable bonds is 4. The van der Waals surface area contributed by atoms with Crippen molar-refractivity contribution in [3.8, 4) is 0 Å². The molecule has 0 bridgehead atoms. The third-order valence-corrected chi connectivity index (χ3v) is 4.31. The van der Waals surface area contributed by atoms with Gasteiger partial charge in [0.05, 0.1) is 25.0 Å². The van der Waals surface area contributed by atoms with Crippen molar-refractivity contribution in [3.05, 3.63) is 65.8 Å². The molecule has 1 amide bonds. The summed E-state index contributed by atoms with van der Waals surface area (Å²) in [5, 5.41) is 3.25. The van der Waals surface area contributed by atoms with Crippen molar-refractivity contribution in [1.82, 2.24) is 19.4 Å². The van der Waals surface area contributed by atoms with E-state index in [4.69, 9.17) is 4.42 Å². The normalized spacial score (nSPS) is 13.6. The maximum Gasteiger partial charge on any atom is 0.290 e. The molecule has 3 aromatic rings. The molecule has 25 heavy (non-hydrogen) atoms. The van der Waals surface area contributed by atoms with Gasteiger partial charge in [0.2, 0.25) is 0 Å². The van der Waals surface area contributed by atoms with Crippen LogP contribution in [0, 0.1) is 6.92 Å². The Hall–Kier alpha value is -3.09. The van der Waals surface area contributed by atoms with Crippen molar-refractivity contribution < 1.29 is 9.21 Å². The number of aryl methyl sites for hydroxylation is 1. The molecule has 7 heteroatoms. The molecule has 7 nitrogen and oxygen atoms in total. The molecule has 4 heterocycles. The molecule has 1 N–H and O–H groups in total. The maximum atomic E-state index is 12.6. The number of furan rings is 1. The average Bonchev–Trinajstić information content (AvgIpc) is 3.25. The number of imidazole rings is 1. The Kier molecular flexibility index (Phi) is 3.97. The lowest BCUT2D eigenvalue weighted by Crippen LogP contribution is -2.38. The Morgan fingerprint density at radius 1 is 1.32 bits per heavy atom. The number of hydrogen-bond donors (Lipinski definition) is 1. The van der Waals surface area contributed by atoms with E-state index < -0.39 is 0 Å². The van der Waals surface area contributed by atoms with Crippen LogP contribution in [0.2, 0.25) is 0 Å². The Labute approximate surface area is 145 Å². The number of carbonyl (C=O) groups is 1. The summed E-state index contributed by atoms with van der Waals surface area (Å²) >= 11 is 0. The second-order valence-corrected chi connectivity index (χ2v) is 6.07. The number of fused-ring (bicyclic) bond motifs is 1. The molecule has 0 atom stereocenters. The molecule has 0 spiro atoms. The zero-order valence-electron chi connectivity index (χ0n) is 14.0.